The van der Waals surface area contributed by atoms with E-state index in [1.807, 2.05) is 18.3 Å². The van der Waals surface area contributed by atoms with Crippen molar-refractivity contribution in [3.8, 4) is 22.4 Å². The van der Waals surface area contributed by atoms with E-state index in [1.165, 1.54) is 17.7 Å². The summed E-state index contributed by atoms with van der Waals surface area (Å²) >= 11 is 0. The van der Waals surface area contributed by atoms with Crippen molar-refractivity contribution in [3.05, 3.63) is 78.3 Å². The summed E-state index contributed by atoms with van der Waals surface area (Å²) in [6.07, 6.45) is 9.05. The van der Waals surface area contributed by atoms with E-state index < -0.39 is 11.7 Å². The standard InChI is InChI=1S/C27H28F3N3/c1-2-6-20-17-33-14-4-3-9-23(33)24(20)22-16-32-26(25(22)18-10-12-31-13-11-18)19-7-5-8-21(15-19)27(28,29)30/h3,5,7-13,15-16,20,23-24,32H,2,4,6,14,17H2,1H3. The maximum Gasteiger partial charge on any atom is 0.416 e. The van der Waals surface area contributed by atoms with Gasteiger partial charge in [0.15, 0.2) is 0 Å². The van der Waals surface area contributed by atoms with Crippen molar-refractivity contribution >= 4 is 0 Å². The van der Waals surface area contributed by atoms with Crippen LogP contribution < -0.4 is 0 Å². The fourth-order valence-corrected chi connectivity index (χ4v) is 5.69. The van der Waals surface area contributed by atoms with Gasteiger partial charge in [0, 0.05) is 49.2 Å². The predicted octanol–water partition coefficient (Wildman–Crippen LogP) is 6.91. The summed E-state index contributed by atoms with van der Waals surface area (Å²) in [5, 5.41) is 0. The summed E-state index contributed by atoms with van der Waals surface area (Å²) in [5.74, 6) is 0.800. The summed E-state index contributed by atoms with van der Waals surface area (Å²) in [5.41, 5.74) is 3.79. The predicted molar refractivity (Wildman–Crippen MR) is 125 cm³/mol. The Morgan fingerprint density at radius 3 is 2.70 bits per heavy atom. The second kappa shape index (κ2) is 8.82. The van der Waals surface area contributed by atoms with Crippen molar-refractivity contribution in [2.75, 3.05) is 13.1 Å². The van der Waals surface area contributed by atoms with Crippen LogP contribution in [-0.2, 0) is 6.18 Å². The average Bonchev–Trinajstić information content (AvgIpc) is 3.40. The molecular weight excluding hydrogens is 423 g/mol. The lowest BCUT2D eigenvalue weighted by atomic mass is 9.79. The lowest BCUT2D eigenvalue weighted by Crippen LogP contribution is -2.33. The number of hydrogen-bond acceptors (Lipinski definition) is 2. The summed E-state index contributed by atoms with van der Waals surface area (Å²) in [4.78, 5) is 10.1. The molecule has 1 fully saturated rings. The molecule has 0 aliphatic carbocycles. The van der Waals surface area contributed by atoms with Gasteiger partial charge < -0.3 is 4.98 Å². The number of aromatic nitrogens is 2. The first-order valence-electron chi connectivity index (χ1n) is 11.7. The van der Waals surface area contributed by atoms with Gasteiger partial charge in [-0.05, 0) is 59.7 Å². The third-order valence-corrected chi connectivity index (χ3v) is 7.06. The molecule has 0 spiro atoms. The molecule has 3 aromatic rings. The van der Waals surface area contributed by atoms with Gasteiger partial charge in [0.05, 0.1) is 11.3 Å². The van der Waals surface area contributed by atoms with Crippen molar-refractivity contribution < 1.29 is 13.2 Å². The van der Waals surface area contributed by atoms with Gasteiger partial charge in [-0.2, -0.15) is 13.2 Å². The third kappa shape index (κ3) is 4.12. The molecule has 172 valence electrons. The quantitative estimate of drug-likeness (QED) is 0.428. The second-order valence-electron chi connectivity index (χ2n) is 9.09. The van der Waals surface area contributed by atoms with Crippen LogP contribution in [0.5, 0.6) is 0 Å². The molecule has 2 aliphatic heterocycles. The van der Waals surface area contributed by atoms with Crippen LogP contribution >= 0.6 is 0 Å². The van der Waals surface area contributed by atoms with E-state index in [4.69, 9.17) is 0 Å². The molecule has 2 aliphatic rings. The number of H-pyrrole nitrogens is 1. The van der Waals surface area contributed by atoms with E-state index in [0.29, 0.717) is 23.4 Å². The maximum absolute atomic E-state index is 13.4. The Hall–Kier alpha value is -2.86. The van der Waals surface area contributed by atoms with Crippen LogP contribution in [0.4, 0.5) is 13.2 Å². The molecule has 3 nitrogen and oxygen atoms in total. The highest BCUT2D eigenvalue weighted by Gasteiger charge is 2.43. The smallest absolute Gasteiger partial charge is 0.360 e. The molecule has 0 saturated carbocycles. The molecule has 0 amide bonds. The van der Waals surface area contributed by atoms with Gasteiger partial charge in [0.1, 0.15) is 0 Å². The number of nitrogens with one attached hydrogen (secondary N) is 1. The molecule has 6 heteroatoms. The number of alkyl halides is 3. The fourth-order valence-electron chi connectivity index (χ4n) is 5.69. The molecule has 5 rings (SSSR count). The van der Waals surface area contributed by atoms with Gasteiger partial charge in [0.2, 0.25) is 0 Å². The maximum atomic E-state index is 13.4. The minimum absolute atomic E-state index is 0.292. The number of pyridine rings is 1. The number of rotatable bonds is 5. The molecule has 4 heterocycles. The summed E-state index contributed by atoms with van der Waals surface area (Å²) in [6.45, 7) is 4.35. The monoisotopic (exact) mass is 451 g/mol. The summed E-state index contributed by atoms with van der Waals surface area (Å²) < 4.78 is 40.3. The zero-order valence-electron chi connectivity index (χ0n) is 18.6. The van der Waals surface area contributed by atoms with E-state index in [-0.39, 0.29) is 0 Å². The molecule has 3 unspecified atom stereocenters. The zero-order chi connectivity index (χ0) is 23.0. The highest BCUT2D eigenvalue weighted by atomic mass is 19.4. The number of hydrogen-bond donors (Lipinski definition) is 1. The van der Waals surface area contributed by atoms with E-state index in [1.54, 1.807) is 18.5 Å². The summed E-state index contributed by atoms with van der Waals surface area (Å²) in [7, 11) is 0. The normalized spacial score (nSPS) is 23.1. The minimum Gasteiger partial charge on any atom is -0.360 e. The van der Waals surface area contributed by atoms with Gasteiger partial charge >= 0.3 is 6.18 Å². The van der Waals surface area contributed by atoms with Crippen LogP contribution in [0, 0.1) is 5.92 Å². The van der Waals surface area contributed by atoms with E-state index in [0.717, 1.165) is 55.2 Å². The third-order valence-electron chi connectivity index (χ3n) is 7.06. The number of aromatic amines is 1. The Kier molecular flexibility index (Phi) is 5.87. The molecule has 1 aromatic carbocycles. The minimum atomic E-state index is -4.38. The van der Waals surface area contributed by atoms with Crippen LogP contribution in [0.15, 0.2) is 67.1 Å². The van der Waals surface area contributed by atoms with Gasteiger partial charge in [0.25, 0.3) is 0 Å². The molecule has 2 aromatic heterocycles. The lowest BCUT2D eigenvalue weighted by Gasteiger charge is -2.29. The highest BCUT2D eigenvalue weighted by molar-refractivity contribution is 5.84. The first-order valence-corrected chi connectivity index (χ1v) is 11.7. The number of nitrogens with zero attached hydrogens (tertiary/aromatic N) is 2. The Morgan fingerprint density at radius 1 is 1.12 bits per heavy atom. The average molecular weight is 452 g/mol. The Labute approximate surface area is 192 Å². The highest BCUT2D eigenvalue weighted by Crippen LogP contribution is 2.48. The van der Waals surface area contributed by atoms with Crippen molar-refractivity contribution in [3.63, 3.8) is 0 Å². The van der Waals surface area contributed by atoms with E-state index in [2.05, 4.69) is 33.9 Å². The van der Waals surface area contributed by atoms with Gasteiger partial charge in [-0.15, -0.1) is 0 Å². The number of halogens is 3. The molecule has 3 atom stereocenters. The van der Waals surface area contributed by atoms with Crippen LogP contribution in [0.3, 0.4) is 0 Å². The zero-order valence-corrected chi connectivity index (χ0v) is 18.6. The second-order valence-corrected chi connectivity index (χ2v) is 9.09. The lowest BCUT2D eigenvalue weighted by molar-refractivity contribution is -0.137. The Balaban J connectivity index is 1.67. The van der Waals surface area contributed by atoms with Crippen LogP contribution in [0.2, 0.25) is 0 Å². The van der Waals surface area contributed by atoms with Gasteiger partial charge in [-0.1, -0.05) is 37.6 Å². The molecule has 1 N–H and O–H groups in total. The molecule has 0 radical (unpaired) electrons. The fraction of sp³-hybridized carbons (Fsp3) is 0.370. The van der Waals surface area contributed by atoms with Gasteiger partial charge in [-0.25, -0.2) is 0 Å². The Bertz CT molecular complexity index is 1130. The van der Waals surface area contributed by atoms with E-state index >= 15 is 0 Å². The summed E-state index contributed by atoms with van der Waals surface area (Å²) in [6, 6.07) is 9.81. The van der Waals surface area contributed by atoms with Crippen LogP contribution in [0.25, 0.3) is 22.4 Å². The molecule has 0 bridgehead atoms. The Morgan fingerprint density at radius 2 is 1.94 bits per heavy atom. The van der Waals surface area contributed by atoms with Crippen molar-refractivity contribution in [1.29, 1.82) is 0 Å². The first-order chi connectivity index (χ1) is 16.0. The van der Waals surface area contributed by atoms with Crippen molar-refractivity contribution in [2.24, 2.45) is 5.92 Å². The first kappa shape index (κ1) is 22.0. The largest absolute Gasteiger partial charge is 0.416 e. The topological polar surface area (TPSA) is 31.9 Å². The SMILES string of the molecule is CCCC1CN2CCC=CC2C1c1c[nH]c(-c2cccc(C(F)(F)F)c2)c1-c1ccncc1. The van der Waals surface area contributed by atoms with Crippen LogP contribution in [-0.4, -0.2) is 34.0 Å². The van der Waals surface area contributed by atoms with Gasteiger partial charge in [-0.3, -0.25) is 9.88 Å². The molecule has 33 heavy (non-hydrogen) atoms. The molecular formula is C27H28F3N3. The number of benzene rings is 1. The van der Waals surface area contributed by atoms with Crippen molar-refractivity contribution in [2.45, 2.75) is 44.3 Å². The molecule has 1 saturated heterocycles. The van der Waals surface area contributed by atoms with E-state index in [9.17, 15) is 13.2 Å². The van der Waals surface area contributed by atoms with Crippen molar-refractivity contribution in [1.82, 2.24) is 14.9 Å². The number of fused-ring (bicyclic) bond motifs is 1. The van der Waals surface area contributed by atoms with Crippen LogP contribution in [0.1, 0.15) is 43.2 Å².